The van der Waals surface area contributed by atoms with Crippen LogP contribution in [-0.4, -0.2) is 111 Å². The zero-order valence-electron chi connectivity index (χ0n) is 40.8. The van der Waals surface area contributed by atoms with Crippen LogP contribution in [0.5, 0.6) is 0 Å². The summed E-state index contributed by atoms with van der Waals surface area (Å²) in [6.45, 7) is 3.73. The third kappa shape index (κ3) is 10.8. The summed E-state index contributed by atoms with van der Waals surface area (Å²) in [5, 5.41) is 48.6. The molecule has 2 saturated heterocycles. The maximum atomic E-state index is 13.8. The van der Waals surface area contributed by atoms with E-state index >= 15 is 0 Å². The number of pyridine rings is 2. The third-order valence-electron chi connectivity index (χ3n) is 13.8. The minimum atomic E-state index is -2.11. The molecule has 18 heteroatoms. The summed E-state index contributed by atoms with van der Waals surface area (Å²) in [5.41, 5.74) is 13.0. The fourth-order valence-electron chi connectivity index (χ4n) is 9.97. The molecule has 0 bridgehead atoms. The van der Waals surface area contributed by atoms with Crippen LogP contribution >= 0.6 is 0 Å². The number of nitrogen functional groups attached to an aromatic ring is 2. The summed E-state index contributed by atoms with van der Waals surface area (Å²) >= 11 is 0. The summed E-state index contributed by atoms with van der Waals surface area (Å²) in [5.74, 6) is -6.82. The first-order valence-electron chi connectivity index (χ1n) is 24.5. The van der Waals surface area contributed by atoms with Gasteiger partial charge < -0.3 is 42.5 Å². The number of aromatic nitrogens is 2. The highest BCUT2D eigenvalue weighted by molar-refractivity contribution is 5.99. The van der Waals surface area contributed by atoms with Crippen LogP contribution in [0, 0.1) is 0 Å². The number of carbonyl (C=O) groups excluding carboxylic acids is 2. The number of unbranched alkanes of at least 4 members (excludes halogenated alkanes) is 2. The average Bonchev–Trinajstić information content (AvgIpc) is 4.31. The van der Waals surface area contributed by atoms with Gasteiger partial charge in [-0.2, -0.15) is 0 Å². The number of nitrogens with one attached hydrogen (secondary N) is 2. The quantitative estimate of drug-likeness (QED) is 0.0242. The maximum absolute atomic E-state index is 13.8. The van der Waals surface area contributed by atoms with Gasteiger partial charge in [0.15, 0.2) is 11.3 Å². The molecule has 2 fully saturated rings. The smallest absolute Gasteiger partial charge is 0.344 e. The number of amides is 2. The van der Waals surface area contributed by atoms with Crippen molar-refractivity contribution in [3.63, 3.8) is 0 Å². The molecular formula is C56H58N8O10. The number of rotatable bonds is 23. The molecule has 8 rings (SSSR count). The number of nitrogens with zero attached hydrogens (tertiary/aromatic N) is 4. The summed E-state index contributed by atoms with van der Waals surface area (Å²) in [6, 6.07) is 33.4. The average molecular weight is 1000 g/mol. The van der Waals surface area contributed by atoms with Crippen molar-refractivity contribution in [2.24, 2.45) is 0 Å². The van der Waals surface area contributed by atoms with Crippen molar-refractivity contribution in [1.82, 2.24) is 30.4 Å². The van der Waals surface area contributed by atoms with Gasteiger partial charge in [-0.05, 0) is 121 Å². The molecule has 0 saturated carbocycles. The van der Waals surface area contributed by atoms with Gasteiger partial charge in [0.05, 0.1) is 11.4 Å². The lowest BCUT2D eigenvalue weighted by molar-refractivity contribution is -0.153. The zero-order valence-corrected chi connectivity index (χ0v) is 40.8. The van der Waals surface area contributed by atoms with E-state index in [1.807, 2.05) is 86.6 Å². The fraction of sp³-hybridized carbons (Fsp3) is 0.286. The molecule has 2 aromatic heterocycles. The molecule has 18 nitrogen and oxygen atoms in total. The van der Waals surface area contributed by atoms with Crippen LogP contribution in [0.15, 0.2) is 133 Å². The van der Waals surface area contributed by atoms with Crippen LogP contribution in [0.25, 0.3) is 33.6 Å². The number of aliphatic carboxylic acids is 4. The summed E-state index contributed by atoms with van der Waals surface area (Å²) in [6.07, 6.45) is 1.52. The molecule has 0 aliphatic carbocycles. The minimum absolute atomic E-state index is 0.0524. The van der Waals surface area contributed by atoms with E-state index in [1.165, 1.54) is 58.3 Å². The SMILES string of the molecule is CCCCC(NC(=O)c1ccc(N)cc1)(C(=O)O)N1C(Cc2cc(-c3ccccc3)cc(-c3cc(-c4ccccc4)cc(CC4C(C(=O)O)N4C(CCCC)(NC(=O)c4ccc(N)cc4)C(=O)O)n3)n2)C1C(=O)O. The predicted octanol–water partition coefficient (Wildman–Crippen LogP) is 6.80. The number of carboxylic acids is 4. The number of nitrogens with two attached hydrogens (primary N) is 2. The molecule has 4 aromatic carbocycles. The molecule has 2 aliphatic heterocycles. The van der Waals surface area contributed by atoms with Crippen LogP contribution in [0.4, 0.5) is 11.4 Å². The number of carbonyl (C=O) groups is 6. The van der Waals surface area contributed by atoms with Crippen molar-refractivity contribution in [1.29, 1.82) is 0 Å². The Morgan fingerprint density at radius 1 is 0.514 bits per heavy atom. The molecule has 0 radical (unpaired) electrons. The summed E-state index contributed by atoms with van der Waals surface area (Å²) in [7, 11) is 0. The Hall–Kier alpha value is -8.48. The van der Waals surface area contributed by atoms with Crippen molar-refractivity contribution in [2.45, 2.75) is 101 Å². The lowest BCUT2D eigenvalue weighted by Gasteiger charge is -2.33. The number of hydrogen-bond donors (Lipinski definition) is 8. The first-order chi connectivity index (χ1) is 35.5. The highest BCUT2D eigenvalue weighted by Gasteiger charge is 2.67. The van der Waals surface area contributed by atoms with Crippen LogP contribution < -0.4 is 22.1 Å². The van der Waals surface area contributed by atoms with E-state index in [1.54, 1.807) is 12.1 Å². The number of anilines is 2. The second-order valence-electron chi connectivity index (χ2n) is 18.8. The van der Waals surface area contributed by atoms with Crippen LogP contribution in [0.1, 0.15) is 84.5 Å². The van der Waals surface area contributed by atoms with Gasteiger partial charge in [0.1, 0.15) is 12.1 Å². The Labute approximate surface area is 427 Å². The standard InChI is InChI=1S/C56H58N8O10/c1-3-5-25-55(53(71)72,61-49(65)35-17-21-39(57)22-18-35)63-45(47(63)51(67)68)31-41-27-37(33-13-9-7-10-14-33)29-43(59-41)44-30-38(34-15-11-8-12-16-34)28-42(60-44)32-46-48(52(69)70)64(46)56(54(73)74,26-6-4-2)62-50(66)36-19-23-40(58)24-20-36/h7-24,27-30,45-48H,3-6,25-26,31-32,57-58H2,1-2H3,(H,61,65)(H,62,66)(H,67,68)(H,69,70)(H,71,72)(H,73,74). The fourth-order valence-corrected chi connectivity index (χ4v) is 9.97. The summed E-state index contributed by atoms with van der Waals surface area (Å²) < 4.78 is 0. The lowest BCUT2D eigenvalue weighted by Crippen LogP contribution is -2.61. The van der Waals surface area contributed by atoms with Crippen molar-refractivity contribution < 1.29 is 49.2 Å². The topological polar surface area (TPSA) is 291 Å². The monoisotopic (exact) mass is 1000 g/mol. The lowest BCUT2D eigenvalue weighted by atomic mass is 9.99. The molecule has 2 amide bonds. The van der Waals surface area contributed by atoms with Crippen LogP contribution in [0.3, 0.4) is 0 Å². The number of hydrogen-bond acceptors (Lipinski definition) is 12. The molecule has 6 aromatic rings. The Bertz CT molecular complexity index is 2860. The van der Waals surface area contributed by atoms with Gasteiger partial charge in [0, 0.05) is 58.8 Å². The first-order valence-corrected chi connectivity index (χ1v) is 24.5. The molecule has 2 aliphatic rings. The second-order valence-corrected chi connectivity index (χ2v) is 18.8. The van der Waals surface area contributed by atoms with Gasteiger partial charge in [-0.1, -0.05) is 87.4 Å². The van der Waals surface area contributed by atoms with Crippen molar-refractivity contribution in [3.8, 4) is 33.6 Å². The van der Waals surface area contributed by atoms with Crippen molar-refractivity contribution >= 4 is 47.1 Å². The molecule has 382 valence electrons. The number of carboxylic acid groups (broad SMARTS) is 4. The molecule has 10 N–H and O–H groups in total. The van der Waals surface area contributed by atoms with Crippen molar-refractivity contribution in [3.05, 3.63) is 156 Å². The Morgan fingerprint density at radius 3 is 1.18 bits per heavy atom. The van der Waals surface area contributed by atoms with E-state index in [0.717, 1.165) is 11.1 Å². The van der Waals surface area contributed by atoms with Gasteiger partial charge in [-0.25, -0.2) is 9.59 Å². The molecule has 8 unspecified atom stereocenters. The molecule has 0 spiro atoms. The van der Waals surface area contributed by atoms with Crippen molar-refractivity contribution in [2.75, 3.05) is 11.5 Å². The van der Waals surface area contributed by atoms with E-state index in [4.69, 9.17) is 21.4 Å². The van der Waals surface area contributed by atoms with Gasteiger partial charge in [0.2, 0.25) is 0 Å². The van der Waals surface area contributed by atoms with E-state index in [2.05, 4.69) is 10.6 Å². The highest BCUT2D eigenvalue weighted by Crippen LogP contribution is 2.44. The van der Waals surface area contributed by atoms with E-state index < -0.39 is 71.2 Å². The molecule has 4 heterocycles. The third-order valence-corrected chi connectivity index (χ3v) is 13.8. The minimum Gasteiger partial charge on any atom is -0.480 e. The van der Waals surface area contributed by atoms with Crippen LogP contribution in [0.2, 0.25) is 0 Å². The zero-order chi connectivity index (χ0) is 52.9. The van der Waals surface area contributed by atoms with Gasteiger partial charge >= 0.3 is 23.9 Å². The predicted molar refractivity (Wildman–Crippen MR) is 276 cm³/mol. The van der Waals surface area contributed by atoms with Crippen LogP contribution in [-0.2, 0) is 32.0 Å². The van der Waals surface area contributed by atoms with Gasteiger partial charge in [-0.15, -0.1) is 0 Å². The Kier molecular flexibility index (Phi) is 15.2. The van der Waals surface area contributed by atoms with Gasteiger partial charge in [0.25, 0.3) is 11.8 Å². The summed E-state index contributed by atoms with van der Waals surface area (Å²) in [4.78, 5) is 93.4. The molecule has 74 heavy (non-hydrogen) atoms. The second kappa shape index (κ2) is 21.7. The van der Waals surface area contributed by atoms with E-state index in [9.17, 15) is 49.2 Å². The maximum Gasteiger partial charge on any atom is 0.344 e. The van der Waals surface area contributed by atoms with E-state index in [-0.39, 0.29) is 36.8 Å². The molecule has 8 atom stereocenters. The Morgan fingerprint density at radius 2 is 0.865 bits per heavy atom. The van der Waals surface area contributed by atoms with E-state index in [0.29, 0.717) is 71.0 Å². The molecular weight excluding hydrogens is 945 g/mol. The Balaban J connectivity index is 1.20. The normalized spacial score (nSPS) is 20.2. The highest BCUT2D eigenvalue weighted by atomic mass is 16.4. The number of benzene rings is 4. The van der Waals surface area contributed by atoms with Gasteiger partial charge in [-0.3, -0.25) is 38.9 Å². The largest absolute Gasteiger partial charge is 0.480 e. The first kappa shape index (κ1) is 51.9.